The van der Waals surface area contributed by atoms with Crippen LogP contribution in [0.15, 0.2) is 48.0 Å². The summed E-state index contributed by atoms with van der Waals surface area (Å²) in [4.78, 5) is 23.2. The molecule has 1 amide bonds. The number of hydrogen-bond acceptors (Lipinski definition) is 5. The van der Waals surface area contributed by atoms with Crippen molar-refractivity contribution in [2.24, 2.45) is 4.99 Å². The van der Waals surface area contributed by atoms with E-state index in [2.05, 4.69) is 25.7 Å². The third-order valence-corrected chi connectivity index (χ3v) is 4.36. The van der Waals surface area contributed by atoms with Crippen LogP contribution in [0.2, 0.25) is 0 Å². The normalized spacial score (nSPS) is 11.5. The second kappa shape index (κ2) is 15.5. The van der Waals surface area contributed by atoms with E-state index in [1.807, 2.05) is 56.8 Å². The van der Waals surface area contributed by atoms with Crippen LogP contribution in [0.4, 0.5) is 4.79 Å². The van der Waals surface area contributed by atoms with Crippen molar-refractivity contribution in [3.63, 3.8) is 0 Å². The quantitative estimate of drug-likeness (QED) is 0.185. The molecule has 0 saturated heterocycles. The highest BCUT2D eigenvalue weighted by Crippen LogP contribution is 2.13. The highest BCUT2D eigenvalue weighted by molar-refractivity contribution is 14.0. The van der Waals surface area contributed by atoms with E-state index in [9.17, 15) is 4.79 Å². The smallest absolute Gasteiger partial charge is 0.410 e. The second-order valence-corrected chi connectivity index (χ2v) is 8.43. The molecule has 0 bridgehead atoms. The van der Waals surface area contributed by atoms with Gasteiger partial charge < -0.3 is 20.3 Å². The lowest BCUT2D eigenvalue weighted by Crippen LogP contribution is -2.39. The predicted octanol–water partition coefficient (Wildman–Crippen LogP) is 3.67. The summed E-state index contributed by atoms with van der Waals surface area (Å²) >= 11 is 0. The zero-order valence-electron chi connectivity index (χ0n) is 20.2. The van der Waals surface area contributed by atoms with Crippen LogP contribution in [-0.4, -0.2) is 63.5 Å². The largest absolute Gasteiger partial charge is 0.444 e. The van der Waals surface area contributed by atoms with Gasteiger partial charge in [-0.15, -0.1) is 24.0 Å². The molecule has 0 aliphatic rings. The molecule has 10 heteroatoms. The van der Waals surface area contributed by atoms with Crippen molar-refractivity contribution in [2.45, 2.75) is 59.2 Å². The molecule has 33 heavy (non-hydrogen) atoms. The minimum Gasteiger partial charge on any atom is -0.444 e. The van der Waals surface area contributed by atoms with E-state index in [1.54, 1.807) is 23.5 Å². The van der Waals surface area contributed by atoms with E-state index >= 15 is 0 Å². The van der Waals surface area contributed by atoms with Crippen LogP contribution >= 0.6 is 24.0 Å². The Labute approximate surface area is 214 Å². The molecule has 2 N–H and O–H groups in total. The number of aryl methyl sites for hydroxylation is 1. The lowest BCUT2D eigenvalue weighted by atomic mass is 10.2. The number of nitrogens with zero attached hydrogens (tertiary/aromatic N) is 5. The summed E-state index contributed by atoms with van der Waals surface area (Å²) in [6, 6.07) is 5.75. The second-order valence-electron chi connectivity index (χ2n) is 8.43. The minimum absolute atomic E-state index is 0. The van der Waals surface area contributed by atoms with Gasteiger partial charge in [-0.25, -0.2) is 4.79 Å². The highest BCUT2D eigenvalue weighted by Gasteiger charge is 2.22. The van der Waals surface area contributed by atoms with Crippen LogP contribution in [0.5, 0.6) is 0 Å². The average Bonchev–Trinajstić information content (AvgIpc) is 3.26. The third kappa shape index (κ3) is 12.4. The van der Waals surface area contributed by atoms with Gasteiger partial charge >= 0.3 is 6.09 Å². The summed E-state index contributed by atoms with van der Waals surface area (Å²) < 4.78 is 7.50. The highest BCUT2D eigenvalue weighted by atomic mass is 127. The number of ether oxygens (including phenoxy) is 1. The molecule has 2 rings (SSSR count). The number of carbonyl (C=O) groups excluding carboxylic acids is 1. The zero-order valence-corrected chi connectivity index (χ0v) is 22.5. The van der Waals surface area contributed by atoms with Crippen LogP contribution in [0.1, 0.15) is 46.1 Å². The molecule has 184 valence electrons. The molecule has 0 radical (unpaired) electrons. The number of carbonyl (C=O) groups is 1. The van der Waals surface area contributed by atoms with Crippen LogP contribution in [0.25, 0.3) is 0 Å². The molecular weight excluding hydrogens is 533 g/mol. The molecule has 0 saturated carbocycles. The Morgan fingerprint density at radius 2 is 2.03 bits per heavy atom. The molecule has 0 unspecified atom stereocenters. The number of amides is 1. The van der Waals surface area contributed by atoms with Crippen molar-refractivity contribution < 1.29 is 9.53 Å². The Bertz CT molecular complexity index is 808. The molecule has 0 atom stereocenters. The molecule has 9 nitrogen and oxygen atoms in total. The van der Waals surface area contributed by atoms with Gasteiger partial charge in [-0.1, -0.05) is 6.07 Å². The average molecular weight is 572 g/mol. The lowest BCUT2D eigenvalue weighted by Gasteiger charge is -2.27. The number of hydrogen-bond donors (Lipinski definition) is 2. The van der Waals surface area contributed by atoms with E-state index in [0.717, 1.165) is 44.0 Å². The summed E-state index contributed by atoms with van der Waals surface area (Å²) in [5, 5.41) is 10.8. The van der Waals surface area contributed by atoms with Gasteiger partial charge in [0, 0.05) is 57.5 Å². The van der Waals surface area contributed by atoms with Crippen molar-refractivity contribution >= 4 is 36.0 Å². The number of rotatable bonds is 11. The fourth-order valence-electron chi connectivity index (χ4n) is 2.95. The van der Waals surface area contributed by atoms with Crippen LogP contribution in [-0.2, 0) is 17.8 Å². The number of aromatic nitrogens is 3. The monoisotopic (exact) mass is 571 g/mol. The summed E-state index contributed by atoms with van der Waals surface area (Å²) in [7, 11) is 0. The van der Waals surface area contributed by atoms with Gasteiger partial charge in [-0.05, 0) is 58.2 Å². The molecule has 2 aromatic rings. The van der Waals surface area contributed by atoms with Crippen LogP contribution in [0.3, 0.4) is 0 Å². The first kappa shape index (κ1) is 28.7. The Kier molecular flexibility index (Phi) is 13.4. The van der Waals surface area contributed by atoms with Gasteiger partial charge in [0.2, 0.25) is 0 Å². The summed E-state index contributed by atoms with van der Waals surface area (Å²) in [6.07, 6.45) is 8.59. The first-order chi connectivity index (χ1) is 15.4. The van der Waals surface area contributed by atoms with Crippen molar-refractivity contribution in [1.82, 2.24) is 30.3 Å². The number of pyridine rings is 1. The number of halogens is 1. The van der Waals surface area contributed by atoms with Gasteiger partial charge in [0.25, 0.3) is 0 Å². The molecular formula is C23H38IN7O2. The summed E-state index contributed by atoms with van der Waals surface area (Å²) in [5.74, 6) is 0.782. The van der Waals surface area contributed by atoms with Crippen molar-refractivity contribution in [3.05, 3.63) is 48.5 Å². The van der Waals surface area contributed by atoms with Crippen LogP contribution in [0, 0.1) is 0 Å². The molecule has 0 aliphatic carbocycles. The predicted molar refractivity (Wildman–Crippen MR) is 142 cm³/mol. The van der Waals surface area contributed by atoms with Crippen molar-refractivity contribution in [1.29, 1.82) is 0 Å². The maximum atomic E-state index is 12.7. The van der Waals surface area contributed by atoms with Gasteiger partial charge in [0.1, 0.15) is 5.60 Å². The fraction of sp³-hybridized carbons (Fsp3) is 0.565. The standard InChI is InChI=1S/C23H37N7O2.HI/c1-5-25-21(27-13-8-16-30-17-9-14-28-30)26-12-7-15-29(22(31)32-23(2,3)4)19-20-10-6-11-24-18-20;/h6,9-11,14,17-18H,5,7-8,12-13,15-16,19H2,1-4H3,(H2,25,26,27);1H. The zero-order chi connectivity index (χ0) is 23.2. The molecule has 0 fully saturated rings. The van der Waals surface area contributed by atoms with E-state index < -0.39 is 5.60 Å². The number of guanidine groups is 1. The van der Waals surface area contributed by atoms with Crippen molar-refractivity contribution in [2.75, 3.05) is 26.2 Å². The van der Waals surface area contributed by atoms with Gasteiger partial charge in [0.15, 0.2) is 5.96 Å². The van der Waals surface area contributed by atoms with Gasteiger partial charge in [-0.2, -0.15) is 5.10 Å². The molecule has 0 spiro atoms. The summed E-state index contributed by atoms with van der Waals surface area (Å²) in [5.41, 5.74) is 0.426. The summed E-state index contributed by atoms with van der Waals surface area (Å²) in [6.45, 7) is 11.7. The Balaban J connectivity index is 0.00000544. The SMILES string of the molecule is CCNC(=NCCCN(Cc1cccnc1)C(=O)OC(C)(C)C)NCCCn1cccn1.I. The van der Waals surface area contributed by atoms with E-state index in [-0.39, 0.29) is 30.1 Å². The molecule has 0 aromatic carbocycles. The Morgan fingerprint density at radius 3 is 2.67 bits per heavy atom. The van der Waals surface area contributed by atoms with Gasteiger partial charge in [0.05, 0.1) is 6.54 Å². The molecule has 0 aliphatic heterocycles. The lowest BCUT2D eigenvalue weighted by molar-refractivity contribution is 0.0232. The first-order valence-corrected chi connectivity index (χ1v) is 11.2. The number of aliphatic imine (C=N–C) groups is 1. The maximum Gasteiger partial charge on any atom is 0.410 e. The van der Waals surface area contributed by atoms with E-state index in [1.165, 1.54) is 0 Å². The minimum atomic E-state index is -0.541. The fourth-order valence-corrected chi connectivity index (χ4v) is 2.95. The molecule has 2 aromatic heterocycles. The first-order valence-electron chi connectivity index (χ1n) is 11.2. The Morgan fingerprint density at radius 1 is 1.21 bits per heavy atom. The van der Waals surface area contributed by atoms with Crippen molar-refractivity contribution in [3.8, 4) is 0 Å². The van der Waals surface area contributed by atoms with Crippen LogP contribution < -0.4 is 10.6 Å². The third-order valence-electron chi connectivity index (χ3n) is 4.36. The maximum absolute atomic E-state index is 12.7. The van der Waals surface area contributed by atoms with E-state index in [0.29, 0.717) is 19.6 Å². The Hall–Kier alpha value is -2.37. The topological polar surface area (TPSA) is 96.7 Å². The molecule has 2 heterocycles. The van der Waals surface area contributed by atoms with Gasteiger partial charge in [-0.3, -0.25) is 14.7 Å². The number of nitrogens with one attached hydrogen (secondary N) is 2. The van der Waals surface area contributed by atoms with E-state index in [4.69, 9.17) is 4.74 Å².